The molecule has 0 N–H and O–H groups in total. The van der Waals surface area contributed by atoms with E-state index in [2.05, 4.69) is 91.6 Å². The molecule has 0 fully saturated rings. The summed E-state index contributed by atoms with van der Waals surface area (Å²) in [7, 11) is 2.19. The molecular formula is C22H24NS+. The van der Waals surface area contributed by atoms with Crippen LogP contribution in [-0.4, -0.2) is 17.3 Å². The van der Waals surface area contributed by atoms with Gasteiger partial charge in [0.25, 0.3) is 0 Å². The molecule has 2 heteroatoms. The molecule has 4 rings (SSSR count). The van der Waals surface area contributed by atoms with Crippen LogP contribution in [0.4, 0.5) is 5.69 Å². The van der Waals surface area contributed by atoms with E-state index in [-0.39, 0.29) is 10.8 Å². The van der Waals surface area contributed by atoms with Crippen molar-refractivity contribution in [3.05, 3.63) is 76.5 Å². The molecule has 0 radical (unpaired) electrons. The molecule has 1 aromatic carbocycles. The van der Waals surface area contributed by atoms with Gasteiger partial charge >= 0.3 is 0 Å². The molecule has 1 nitrogen and oxygen atoms in total. The average molecular weight is 335 g/mol. The van der Waals surface area contributed by atoms with Crippen LogP contribution in [-0.2, 0) is 10.8 Å². The zero-order chi connectivity index (χ0) is 16.8. The van der Waals surface area contributed by atoms with Gasteiger partial charge in [-0.05, 0) is 38.1 Å². The second-order valence-electron chi connectivity index (χ2n) is 7.43. The van der Waals surface area contributed by atoms with Crippen molar-refractivity contribution in [2.24, 2.45) is 0 Å². The van der Waals surface area contributed by atoms with Crippen molar-refractivity contribution >= 4 is 22.7 Å². The van der Waals surface area contributed by atoms with Gasteiger partial charge in [-0.15, -0.1) is 11.3 Å². The normalized spacial score (nSPS) is 21.0. The smallest absolute Gasteiger partial charge is 0.198 e. The Morgan fingerprint density at radius 1 is 1.04 bits per heavy atom. The number of benzene rings is 1. The van der Waals surface area contributed by atoms with Crippen molar-refractivity contribution in [3.63, 3.8) is 0 Å². The Hall–Kier alpha value is -1.93. The lowest BCUT2D eigenvalue weighted by Gasteiger charge is -2.24. The Morgan fingerprint density at radius 3 is 2.46 bits per heavy atom. The third kappa shape index (κ3) is 2.24. The van der Waals surface area contributed by atoms with Crippen LogP contribution >= 0.6 is 11.3 Å². The van der Waals surface area contributed by atoms with Crippen LogP contribution in [0, 0.1) is 0 Å². The van der Waals surface area contributed by atoms with Gasteiger partial charge in [-0.3, -0.25) is 0 Å². The Bertz CT molecular complexity index is 842. The number of allylic oxidation sites excluding steroid dienone is 4. The topological polar surface area (TPSA) is 3.01 Å². The number of hydrogen-bond acceptors (Lipinski definition) is 1. The Balaban J connectivity index is 1.75. The van der Waals surface area contributed by atoms with Gasteiger partial charge in [0, 0.05) is 28.0 Å². The van der Waals surface area contributed by atoms with E-state index in [1.54, 1.807) is 0 Å². The van der Waals surface area contributed by atoms with Gasteiger partial charge in [-0.1, -0.05) is 42.5 Å². The fourth-order valence-corrected chi connectivity index (χ4v) is 5.12. The molecule has 2 aliphatic rings. The molecule has 122 valence electrons. The predicted molar refractivity (Wildman–Crippen MR) is 104 cm³/mol. The van der Waals surface area contributed by atoms with Crippen molar-refractivity contribution in [2.45, 2.75) is 37.5 Å². The van der Waals surface area contributed by atoms with E-state index >= 15 is 0 Å². The van der Waals surface area contributed by atoms with Gasteiger partial charge in [0.1, 0.15) is 7.05 Å². The van der Waals surface area contributed by atoms with E-state index in [4.69, 9.17) is 0 Å². The van der Waals surface area contributed by atoms with Gasteiger partial charge in [-0.25, -0.2) is 0 Å². The summed E-state index contributed by atoms with van der Waals surface area (Å²) in [6.45, 7) is 4.67. The summed E-state index contributed by atoms with van der Waals surface area (Å²) in [5.41, 5.74) is 4.32. The van der Waals surface area contributed by atoms with E-state index in [0.717, 1.165) is 12.8 Å². The quantitative estimate of drug-likeness (QED) is 0.508. The standard InChI is InChI=1S/C22H24NS/c1-21(2)17-9-4-5-10-18(17)23(3)19(21)12-15-22(13-6-7-14-22)20-11-8-16-24-20/h4-12,15-16H,13-14H2,1-3H3/q+1. The first-order valence-corrected chi connectivity index (χ1v) is 9.51. The number of para-hydroxylation sites is 1. The molecule has 0 saturated heterocycles. The first-order chi connectivity index (χ1) is 11.5. The highest BCUT2D eigenvalue weighted by molar-refractivity contribution is 7.10. The summed E-state index contributed by atoms with van der Waals surface area (Å²) >= 11 is 1.88. The lowest BCUT2D eigenvalue weighted by molar-refractivity contribution is -0.401. The van der Waals surface area contributed by atoms with Crippen LogP contribution in [0.25, 0.3) is 0 Å². The van der Waals surface area contributed by atoms with Crippen molar-refractivity contribution in [1.82, 2.24) is 0 Å². The molecule has 0 spiro atoms. The summed E-state index contributed by atoms with van der Waals surface area (Å²) in [5.74, 6) is 0. The molecule has 1 aliphatic carbocycles. The van der Waals surface area contributed by atoms with Crippen molar-refractivity contribution < 1.29 is 4.58 Å². The van der Waals surface area contributed by atoms with Crippen LogP contribution in [0.2, 0.25) is 0 Å². The minimum atomic E-state index is 0.0461. The fraction of sp³-hybridized carbons (Fsp3) is 0.318. The number of thiophene rings is 1. The fourth-order valence-electron chi connectivity index (χ4n) is 4.19. The summed E-state index contributed by atoms with van der Waals surface area (Å²) in [5, 5.41) is 2.19. The molecular weight excluding hydrogens is 310 g/mol. The van der Waals surface area contributed by atoms with Gasteiger partial charge in [0.05, 0.1) is 5.41 Å². The molecule has 24 heavy (non-hydrogen) atoms. The minimum Gasteiger partial charge on any atom is -0.198 e. The first kappa shape index (κ1) is 15.6. The van der Waals surface area contributed by atoms with Crippen LogP contribution in [0.5, 0.6) is 0 Å². The van der Waals surface area contributed by atoms with E-state index in [0.29, 0.717) is 0 Å². The number of rotatable bonds is 3. The third-order valence-corrected chi connectivity index (χ3v) is 6.73. The molecule has 0 bridgehead atoms. The van der Waals surface area contributed by atoms with Crippen molar-refractivity contribution in [1.29, 1.82) is 0 Å². The van der Waals surface area contributed by atoms with Gasteiger partial charge in [0.2, 0.25) is 5.69 Å². The molecule has 0 atom stereocenters. The van der Waals surface area contributed by atoms with Crippen LogP contribution < -0.4 is 0 Å². The molecule has 0 saturated carbocycles. The highest BCUT2D eigenvalue weighted by Gasteiger charge is 2.43. The van der Waals surface area contributed by atoms with Crippen LogP contribution in [0.3, 0.4) is 0 Å². The molecule has 2 aromatic rings. The van der Waals surface area contributed by atoms with E-state index < -0.39 is 0 Å². The van der Waals surface area contributed by atoms with Crippen molar-refractivity contribution in [3.8, 4) is 0 Å². The summed E-state index contributed by atoms with van der Waals surface area (Å²) in [6, 6.07) is 13.2. The Kier molecular flexibility index (Phi) is 3.61. The predicted octanol–water partition coefficient (Wildman–Crippen LogP) is 5.60. The summed E-state index contributed by atoms with van der Waals surface area (Å²) in [6.07, 6.45) is 11.7. The second kappa shape index (κ2) is 5.56. The zero-order valence-electron chi connectivity index (χ0n) is 14.6. The van der Waals surface area contributed by atoms with Crippen LogP contribution in [0.1, 0.15) is 37.1 Å². The lowest BCUT2D eigenvalue weighted by atomic mass is 9.78. The largest absolute Gasteiger partial charge is 0.209 e. The third-order valence-electron chi connectivity index (χ3n) is 5.64. The van der Waals surface area contributed by atoms with E-state index in [1.807, 2.05) is 11.3 Å². The highest BCUT2D eigenvalue weighted by Crippen LogP contribution is 2.43. The molecule has 0 unspecified atom stereocenters. The second-order valence-corrected chi connectivity index (χ2v) is 8.38. The molecule has 2 heterocycles. The minimum absolute atomic E-state index is 0.0461. The lowest BCUT2D eigenvalue weighted by Crippen LogP contribution is -2.28. The molecule has 0 amide bonds. The Morgan fingerprint density at radius 2 is 1.79 bits per heavy atom. The maximum Gasteiger partial charge on any atom is 0.209 e. The Labute approximate surface area is 148 Å². The van der Waals surface area contributed by atoms with Crippen LogP contribution in [0.15, 0.2) is 66.1 Å². The molecule has 1 aromatic heterocycles. The SMILES string of the molecule is C[N+]1=C(C=CC2(c3cccs3)CC=CC2)C(C)(C)c2ccccc21. The maximum atomic E-state index is 2.46. The van der Waals surface area contributed by atoms with Gasteiger partial charge < -0.3 is 0 Å². The number of hydrogen-bond donors (Lipinski definition) is 0. The maximum absolute atomic E-state index is 2.46. The first-order valence-electron chi connectivity index (χ1n) is 8.63. The highest BCUT2D eigenvalue weighted by atomic mass is 32.1. The van der Waals surface area contributed by atoms with E-state index in [9.17, 15) is 0 Å². The average Bonchev–Trinajstić information content (AvgIpc) is 3.29. The van der Waals surface area contributed by atoms with Gasteiger partial charge in [0.15, 0.2) is 5.71 Å². The number of fused-ring (bicyclic) bond motifs is 1. The number of nitrogens with zero attached hydrogens (tertiary/aromatic N) is 1. The summed E-state index contributed by atoms with van der Waals surface area (Å²) < 4.78 is 2.36. The van der Waals surface area contributed by atoms with Crippen molar-refractivity contribution in [2.75, 3.05) is 7.05 Å². The van der Waals surface area contributed by atoms with Gasteiger partial charge in [-0.2, -0.15) is 4.58 Å². The molecule has 1 aliphatic heterocycles. The zero-order valence-corrected chi connectivity index (χ0v) is 15.4. The summed E-state index contributed by atoms with van der Waals surface area (Å²) in [4.78, 5) is 1.47. The monoisotopic (exact) mass is 334 g/mol. The van der Waals surface area contributed by atoms with E-state index in [1.165, 1.54) is 21.8 Å².